The monoisotopic (exact) mass is 1550 g/mol. The Kier molecular flexibility index (Phi) is 75.6. The smallest absolute Gasteiger partial charge is 0.462 e. The van der Waals surface area contributed by atoms with E-state index in [4.69, 9.17) is 37.0 Å². The molecule has 0 radical (unpaired) electrons. The summed E-state index contributed by atoms with van der Waals surface area (Å²) in [6.07, 6.45) is 67.9. The lowest BCUT2D eigenvalue weighted by Gasteiger charge is -2.21. The van der Waals surface area contributed by atoms with Crippen LogP contribution in [0.25, 0.3) is 0 Å². The summed E-state index contributed by atoms with van der Waals surface area (Å²) in [4.78, 5) is 73.3. The first-order chi connectivity index (χ1) is 51.3. The van der Waals surface area contributed by atoms with Crippen molar-refractivity contribution in [2.45, 2.75) is 478 Å². The maximum Gasteiger partial charge on any atom is 0.472 e. The fraction of sp³-hybridized carbons (Fsp3) is 0.954. The molecule has 0 fully saturated rings. The van der Waals surface area contributed by atoms with E-state index in [1.807, 2.05) is 0 Å². The number of hydrogen-bond donors (Lipinski definition) is 3. The number of aliphatic hydroxyl groups is 1. The average Bonchev–Trinajstić information content (AvgIpc) is 0.904. The van der Waals surface area contributed by atoms with Crippen LogP contribution in [0.4, 0.5) is 0 Å². The summed E-state index contributed by atoms with van der Waals surface area (Å²) in [5.41, 5.74) is 0. The molecule has 630 valence electrons. The van der Waals surface area contributed by atoms with Gasteiger partial charge in [-0.2, -0.15) is 0 Å². The molecule has 106 heavy (non-hydrogen) atoms. The number of hydrogen-bond acceptors (Lipinski definition) is 15. The van der Waals surface area contributed by atoms with Crippen molar-refractivity contribution in [1.29, 1.82) is 0 Å². The SMILES string of the molecule is CCCCCCCCCCCCCCCCCC(=O)O[C@H](COC(=O)CCCCCCCCCCC(C)C)COP(=O)(O)OC[C@H](O)COP(=O)(O)OC[C@@H](COC(=O)CCCCCCCCCCCCCCCCC(C)CC)OC(=O)CCCCCCCCCCCCCCCCCCCCC(C)CC. The second-order valence-corrected chi connectivity index (χ2v) is 35.1. The largest absolute Gasteiger partial charge is 0.472 e. The van der Waals surface area contributed by atoms with Crippen LogP contribution in [0.5, 0.6) is 0 Å². The lowest BCUT2D eigenvalue weighted by molar-refractivity contribution is -0.161. The van der Waals surface area contributed by atoms with Gasteiger partial charge in [-0.25, -0.2) is 9.13 Å². The molecule has 4 unspecified atom stereocenters. The van der Waals surface area contributed by atoms with Crippen molar-refractivity contribution in [3.05, 3.63) is 0 Å². The van der Waals surface area contributed by atoms with E-state index >= 15 is 0 Å². The van der Waals surface area contributed by atoms with Gasteiger partial charge in [0.1, 0.15) is 19.3 Å². The van der Waals surface area contributed by atoms with Crippen LogP contribution in [0.15, 0.2) is 0 Å². The van der Waals surface area contributed by atoms with E-state index in [2.05, 4.69) is 48.5 Å². The first-order valence-corrected chi connectivity index (χ1v) is 47.9. The van der Waals surface area contributed by atoms with E-state index in [1.54, 1.807) is 0 Å². The molecule has 0 aliphatic carbocycles. The molecule has 19 heteroatoms. The summed E-state index contributed by atoms with van der Waals surface area (Å²) >= 11 is 0. The summed E-state index contributed by atoms with van der Waals surface area (Å²) in [5, 5.41) is 10.7. The Labute approximate surface area is 651 Å². The topological polar surface area (TPSA) is 237 Å². The normalized spacial score (nSPS) is 14.4. The number of carbonyl (C=O) groups excluding carboxylic acids is 4. The maximum absolute atomic E-state index is 13.2. The third-order valence-corrected chi connectivity index (χ3v) is 23.0. The van der Waals surface area contributed by atoms with Gasteiger partial charge in [-0.1, -0.05) is 408 Å². The summed E-state index contributed by atoms with van der Waals surface area (Å²) in [6.45, 7) is 12.1. The van der Waals surface area contributed by atoms with Crippen molar-refractivity contribution in [3.8, 4) is 0 Å². The standard InChI is InChI=1S/C87H170O17P2/c1-8-11-12-13-14-15-16-17-22-30-35-40-49-56-63-70-87(92)104-83(75-98-85(90)69-62-55-48-43-42-44-51-58-65-78(4)5)77-102-106(95,96)100-73-81(88)72-99-105(93,94)101-76-82(74-97-84(89)68-61-54-47-39-34-29-26-25-28-33-38-46-53-60-67-80(7)10-3)103-86(91)71-64-57-50-41-36-31-24-21-19-18-20-23-27-32-37-45-52-59-66-79(6)9-2/h78-83,88H,8-77H2,1-7H3,(H,93,94)(H,95,96)/t79?,80?,81-,82-,83-/m1/s1. The summed E-state index contributed by atoms with van der Waals surface area (Å²) in [7, 11) is -9.93. The Bertz CT molecular complexity index is 2050. The number of phosphoric ester groups is 2. The second-order valence-electron chi connectivity index (χ2n) is 32.2. The number of esters is 4. The number of ether oxygens (including phenoxy) is 4. The van der Waals surface area contributed by atoms with E-state index < -0.39 is 97.5 Å². The van der Waals surface area contributed by atoms with Gasteiger partial charge in [0.05, 0.1) is 26.4 Å². The van der Waals surface area contributed by atoms with Crippen LogP contribution < -0.4 is 0 Å². The average molecular weight is 1550 g/mol. The van der Waals surface area contributed by atoms with E-state index in [-0.39, 0.29) is 25.7 Å². The molecule has 0 aromatic heterocycles. The molecule has 0 aromatic carbocycles. The van der Waals surface area contributed by atoms with Crippen LogP contribution >= 0.6 is 15.6 Å². The first kappa shape index (κ1) is 104. The predicted molar refractivity (Wildman–Crippen MR) is 437 cm³/mol. The molecule has 0 saturated heterocycles. The number of unbranched alkanes of at least 4 members (excludes halogenated alkanes) is 51. The molecular formula is C87H170O17P2. The van der Waals surface area contributed by atoms with Crippen LogP contribution in [-0.4, -0.2) is 96.7 Å². The summed E-state index contributed by atoms with van der Waals surface area (Å²) < 4.78 is 68.9. The van der Waals surface area contributed by atoms with Crippen molar-refractivity contribution < 1.29 is 80.2 Å². The Morgan fingerprint density at radius 1 is 0.274 bits per heavy atom. The molecule has 0 amide bonds. The number of carbonyl (C=O) groups is 4. The highest BCUT2D eigenvalue weighted by atomic mass is 31.2. The summed E-state index contributed by atoms with van der Waals surface area (Å²) in [5.74, 6) is 0.344. The van der Waals surface area contributed by atoms with E-state index in [1.165, 1.54) is 270 Å². The van der Waals surface area contributed by atoms with Gasteiger partial charge < -0.3 is 33.8 Å². The fourth-order valence-electron chi connectivity index (χ4n) is 13.5. The van der Waals surface area contributed by atoms with Gasteiger partial charge in [0, 0.05) is 25.7 Å². The minimum atomic E-state index is -4.97. The molecule has 0 bridgehead atoms. The van der Waals surface area contributed by atoms with Crippen LogP contribution in [0.1, 0.15) is 459 Å². The molecule has 0 rings (SSSR count). The second kappa shape index (κ2) is 77.0. The summed E-state index contributed by atoms with van der Waals surface area (Å²) in [6, 6.07) is 0. The minimum absolute atomic E-state index is 0.108. The Morgan fingerprint density at radius 2 is 0.481 bits per heavy atom. The van der Waals surface area contributed by atoms with Gasteiger partial charge in [-0.3, -0.25) is 37.3 Å². The molecule has 3 N–H and O–H groups in total. The zero-order valence-corrected chi connectivity index (χ0v) is 71.7. The molecule has 17 nitrogen and oxygen atoms in total. The van der Waals surface area contributed by atoms with Gasteiger partial charge >= 0.3 is 39.5 Å². The number of phosphoric acid groups is 2. The van der Waals surface area contributed by atoms with Crippen molar-refractivity contribution in [3.63, 3.8) is 0 Å². The van der Waals surface area contributed by atoms with Crippen molar-refractivity contribution in [2.75, 3.05) is 39.6 Å². The highest BCUT2D eigenvalue weighted by Gasteiger charge is 2.31. The predicted octanol–water partition coefficient (Wildman–Crippen LogP) is 26.5. The molecule has 0 saturated carbocycles. The van der Waals surface area contributed by atoms with Crippen molar-refractivity contribution in [1.82, 2.24) is 0 Å². The number of aliphatic hydroxyl groups excluding tert-OH is 1. The molecule has 0 heterocycles. The molecule has 7 atom stereocenters. The molecule has 0 spiro atoms. The van der Waals surface area contributed by atoms with Gasteiger partial charge in [0.2, 0.25) is 0 Å². The van der Waals surface area contributed by atoms with Crippen LogP contribution in [0.3, 0.4) is 0 Å². The quantitative estimate of drug-likeness (QED) is 0.0222. The maximum atomic E-state index is 13.2. The van der Waals surface area contributed by atoms with E-state index in [0.717, 1.165) is 108 Å². The minimum Gasteiger partial charge on any atom is -0.462 e. The fourth-order valence-corrected chi connectivity index (χ4v) is 15.1. The lowest BCUT2D eigenvalue weighted by atomic mass is 9.99. The van der Waals surface area contributed by atoms with Crippen LogP contribution in [0, 0.1) is 17.8 Å². The van der Waals surface area contributed by atoms with Crippen molar-refractivity contribution >= 4 is 39.5 Å². The van der Waals surface area contributed by atoms with Gasteiger partial charge in [0.25, 0.3) is 0 Å². The van der Waals surface area contributed by atoms with Gasteiger partial charge in [-0.15, -0.1) is 0 Å². The number of rotatable bonds is 85. The third kappa shape index (κ3) is 77.4. The molecular weight excluding hydrogens is 1380 g/mol. The lowest BCUT2D eigenvalue weighted by Crippen LogP contribution is -2.30. The molecule has 0 aliphatic rings. The Morgan fingerprint density at radius 3 is 0.717 bits per heavy atom. The van der Waals surface area contributed by atoms with Crippen LogP contribution in [0.2, 0.25) is 0 Å². The van der Waals surface area contributed by atoms with Gasteiger partial charge in [0.15, 0.2) is 12.2 Å². The Balaban J connectivity index is 5.24. The van der Waals surface area contributed by atoms with Crippen molar-refractivity contribution in [2.24, 2.45) is 17.8 Å². The van der Waals surface area contributed by atoms with E-state index in [9.17, 15) is 43.2 Å². The first-order valence-electron chi connectivity index (χ1n) is 44.9. The highest BCUT2D eigenvalue weighted by molar-refractivity contribution is 7.47. The molecule has 0 aromatic rings. The molecule has 0 aliphatic heterocycles. The third-order valence-electron chi connectivity index (χ3n) is 21.1. The zero-order valence-electron chi connectivity index (χ0n) is 69.9. The van der Waals surface area contributed by atoms with Crippen LogP contribution in [-0.2, 0) is 65.4 Å². The zero-order chi connectivity index (χ0) is 77.9. The Hall–Kier alpha value is -1.94. The van der Waals surface area contributed by atoms with Gasteiger partial charge in [-0.05, 0) is 43.4 Å². The highest BCUT2D eigenvalue weighted by Crippen LogP contribution is 2.45. The van der Waals surface area contributed by atoms with E-state index in [0.29, 0.717) is 25.7 Å².